The Kier molecular flexibility index (Phi) is 5.95. The number of fused-ring (bicyclic) bond motifs is 5. The van der Waals surface area contributed by atoms with Crippen LogP contribution in [-0.2, 0) is 13.0 Å². The zero-order chi connectivity index (χ0) is 25.8. The van der Waals surface area contributed by atoms with Gasteiger partial charge in [0, 0.05) is 44.7 Å². The first-order valence-corrected chi connectivity index (χ1v) is 12.2. The van der Waals surface area contributed by atoms with Gasteiger partial charge in [-0.05, 0) is 31.0 Å². The molecule has 0 N–H and O–H groups in total. The molecule has 7 nitrogen and oxygen atoms in total. The first-order valence-electron chi connectivity index (χ1n) is 12.2. The molecule has 188 valence electrons. The molecule has 1 saturated heterocycles. The molecule has 0 amide bonds. The van der Waals surface area contributed by atoms with Crippen LogP contribution in [0.4, 0.5) is 14.5 Å². The number of pyridine rings is 2. The lowest BCUT2D eigenvalue weighted by Crippen LogP contribution is -2.61. The van der Waals surface area contributed by atoms with Gasteiger partial charge >= 0.3 is 0 Å². The molecule has 36 heavy (non-hydrogen) atoms. The number of benzene rings is 1. The largest absolute Gasteiger partial charge is 0.484 e. The fourth-order valence-corrected chi connectivity index (χ4v) is 5.58. The van der Waals surface area contributed by atoms with Crippen LogP contribution in [0.5, 0.6) is 5.75 Å². The van der Waals surface area contributed by atoms with Crippen LogP contribution in [0.3, 0.4) is 0 Å². The molecule has 1 unspecified atom stereocenters. The van der Waals surface area contributed by atoms with E-state index in [-0.39, 0.29) is 40.7 Å². The third kappa shape index (κ3) is 3.90. The maximum absolute atomic E-state index is 13.7. The molecule has 1 fully saturated rings. The standard InChI is InChI=1S/C27H29F2N5O2/c1-5-21(17-6-8-18(9-7-17)27(3,28)29)33-14-20-15-36-25-24(34(20)13-16(33)2)23-22(32(4)26(25)35)11-10-19(12-30)31-23/h6-11,16,20-21H,5,13-15H2,1-4H3/t16-,20+,21?/m1/s1. The van der Waals surface area contributed by atoms with Crippen LogP contribution in [0.25, 0.3) is 11.0 Å². The van der Waals surface area contributed by atoms with Gasteiger partial charge in [-0.25, -0.2) is 13.8 Å². The molecule has 0 radical (unpaired) electrons. The molecule has 3 aromatic rings. The average molecular weight is 494 g/mol. The van der Waals surface area contributed by atoms with Crippen molar-refractivity contribution in [1.29, 1.82) is 5.26 Å². The van der Waals surface area contributed by atoms with Gasteiger partial charge in [0.05, 0.1) is 11.6 Å². The number of aromatic nitrogens is 2. The molecule has 9 heteroatoms. The third-order valence-corrected chi connectivity index (χ3v) is 7.47. The number of halogens is 2. The van der Waals surface area contributed by atoms with Crippen LogP contribution in [0.2, 0.25) is 0 Å². The van der Waals surface area contributed by atoms with Crippen LogP contribution in [0.15, 0.2) is 41.2 Å². The Morgan fingerprint density at radius 3 is 2.58 bits per heavy atom. The van der Waals surface area contributed by atoms with Crippen LogP contribution in [-0.4, -0.2) is 46.2 Å². The average Bonchev–Trinajstić information content (AvgIpc) is 2.87. The second-order valence-corrected chi connectivity index (χ2v) is 9.82. The van der Waals surface area contributed by atoms with Gasteiger partial charge in [-0.1, -0.05) is 31.2 Å². The first-order chi connectivity index (χ1) is 17.1. The van der Waals surface area contributed by atoms with Crippen molar-refractivity contribution in [2.24, 2.45) is 7.05 Å². The summed E-state index contributed by atoms with van der Waals surface area (Å²) in [5, 5.41) is 9.42. The Morgan fingerprint density at radius 2 is 1.94 bits per heavy atom. The zero-order valence-corrected chi connectivity index (χ0v) is 20.8. The van der Waals surface area contributed by atoms with Crippen molar-refractivity contribution in [3.63, 3.8) is 0 Å². The predicted molar refractivity (Wildman–Crippen MR) is 134 cm³/mol. The van der Waals surface area contributed by atoms with E-state index in [4.69, 9.17) is 4.74 Å². The molecule has 3 atom stereocenters. The Balaban J connectivity index is 1.51. The van der Waals surface area contributed by atoms with Crippen molar-refractivity contribution in [3.05, 3.63) is 63.6 Å². The number of nitriles is 1. The molecule has 0 aliphatic carbocycles. The molecular weight excluding hydrogens is 464 g/mol. The number of nitrogens with zero attached hydrogens (tertiary/aromatic N) is 5. The Hall–Kier alpha value is -3.51. The number of hydrogen-bond donors (Lipinski definition) is 0. The fourth-order valence-electron chi connectivity index (χ4n) is 5.58. The van der Waals surface area contributed by atoms with Gasteiger partial charge < -0.3 is 14.2 Å². The van der Waals surface area contributed by atoms with Crippen LogP contribution < -0.4 is 15.2 Å². The van der Waals surface area contributed by atoms with E-state index in [1.807, 2.05) is 0 Å². The molecule has 2 aliphatic rings. The van der Waals surface area contributed by atoms with Gasteiger partial charge in [-0.2, -0.15) is 5.26 Å². The van der Waals surface area contributed by atoms with Crippen molar-refractivity contribution in [2.45, 2.75) is 51.2 Å². The normalized spacial score (nSPS) is 20.9. The van der Waals surface area contributed by atoms with Gasteiger partial charge in [0.25, 0.3) is 11.5 Å². The smallest absolute Gasteiger partial charge is 0.295 e. The van der Waals surface area contributed by atoms with E-state index >= 15 is 0 Å². The summed E-state index contributed by atoms with van der Waals surface area (Å²) in [6, 6.07) is 12.2. The summed E-state index contributed by atoms with van der Waals surface area (Å²) in [7, 11) is 1.68. The van der Waals surface area contributed by atoms with Gasteiger partial charge in [0.1, 0.15) is 29.6 Å². The summed E-state index contributed by atoms with van der Waals surface area (Å²) in [5.74, 6) is -2.60. The highest BCUT2D eigenvalue weighted by Gasteiger charge is 2.41. The molecular formula is C27H29F2N5O2. The summed E-state index contributed by atoms with van der Waals surface area (Å²) in [6.45, 7) is 6.82. The molecule has 2 aromatic heterocycles. The fraction of sp³-hybridized carbons (Fsp3) is 0.444. The van der Waals surface area contributed by atoms with E-state index in [1.54, 1.807) is 31.3 Å². The number of hydrogen-bond acceptors (Lipinski definition) is 6. The maximum atomic E-state index is 13.7. The van der Waals surface area contributed by atoms with E-state index in [2.05, 4.69) is 34.7 Å². The summed E-state index contributed by atoms with van der Waals surface area (Å²) in [5.41, 5.74) is 2.95. The van der Waals surface area contributed by atoms with Crippen LogP contribution in [0, 0.1) is 11.3 Å². The van der Waals surface area contributed by atoms with Gasteiger partial charge in [-0.3, -0.25) is 9.69 Å². The third-order valence-electron chi connectivity index (χ3n) is 7.47. The summed E-state index contributed by atoms with van der Waals surface area (Å²) < 4.78 is 35.0. The van der Waals surface area contributed by atoms with E-state index in [0.717, 1.165) is 18.9 Å². The number of alkyl halides is 2. The Morgan fingerprint density at radius 1 is 1.22 bits per heavy atom. The summed E-state index contributed by atoms with van der Waals surface area (Å²) in [6.07, 6.45) is 0.826. The predicted octanol–water partition coefficient (Wildman–Crippen LogP) is 4.34. The number of rotatable bonds is 4. The molecule has 4 heterocycles. The molecule has 1 aromatic carbocycles. The minimum atomic E-state index is -2.87. The van der Waals surface area contributed by atoms with E-state index in [1.165, 1.54) is 16.7 Å². The molecule has 0 spiro atoms. The summed E-state index contributed by atoms with van der Waals surface area (Å²) >= 11 is 0. The molecule has 0 saturated carbocycles. The van der Waals surface area contributed by atoms with Crippen molar-refractivity contribution >= 4 is 16.7 Å². The van der Waals surface area contributed by atoms with E-state index < -0.39 is 5.92 Å². The van der Waals surface area contributed by atoms with Crippen molar-refractivity contribution in [3.8, 4) is 11.8 Å². The lowest BCUT2D eigenvalue weighted by atomic mass is 9.95. The van der Waals surface area contributed by atoms with Gasteiger partial charge in [0.15, 0.2) is 0 Å². The van der Waals surface area contributed by atoms with Gasteiger partial charge in [0.2, 0.25) is 5.75 Å². The highest BCUT2D eigenvalue weighted by Crippen LogP contribution is 2.41. The number of aryl methyl sites for hydroxylation is 1. The molecule has 2 aliphatic heterocycles. The highest BCUT2D eigenvalue weighted by atomic mass is 19.3. The monoisotopic (exact) mass is 493 g/mol. The summed E-state index contributed by atoms with van der Waals surface area (Å²) in [4.78, 5) is 22.2. The lowest BCUT2D eigenvalue weighted by molar-refractivity contribution is 0.0174. The number of ether oxygens (including phenoxy) is 1. The number of anilines is 1. The number of piperazine rings is 1. The van der Waals surface area contributed by atoms with Crippen molar-refractivity contribution in [2.75, 3.05) is 24.6 Å². The van der Waals surface area contributed by atoms with Crippen molar-refractivity contribution in [1.82, 2.24) is 14.5 Å². The van der Waals surface area contributed by atoms with Crippen molar-refractivity contribution < 1.29 is 13.5 Å². The van der Waals surface area contributed by atoms with E-state index in [9.17, 15) is 18.8 Å². The Labute approximate surface area is 208 Å². The maximum Gasteiger partial charge on any atom is 0.295 e. The van der Waals surface area contributed by atoms with Crippen LogP contribution in [0.1, 0.15) is 50.1 Å². The minimum absolute atomic E-state index is 0.00829. The quantitative estimate of drug-likeness (QED) is 0.538. The lowest BCUT2D eigenvalue weighted by Gasteiger charge is -2.51. The SMILES string of the molecule is CCC(c1ccc(C(C)(F)F)cc1)N1C[C@H]2COc3c(c4nc(C#N)ccc4n(C)c3=O)N2C[C@H]1C. The zero-order valence-electron chi connectivity index (χ0n) is 20.8. The van der Waals surface area contributed by atoms with E-state index in [0.29, 0.717) is 36.4 Å². The Bertz CT molecular complexity index is 1410. The molecule has 0 bridgehead atoms. The first kappa shape index (κ1) is 24.2. The van der Waals surface area contributed by atoms with Gasteiger partial charge in [-0.15, -0.1) is 0 Å². The minimum Gasteiger partial charge on any atom is -0.484 e. The molecule has 5 rings (SSSR count). The topological polar surface area (TPSA) is 74.4 Å². The second kappa shape index (κ2) is 8.86. The highest BCUT2D eigenvalue weighted by molar-refractivity contribution is 5.93. The van der Waals surface area contributed by atoms with Crippen LogP contribution >= 0.6 is 0 Å². The second-order valence-electron chi connectivity index (χ2n) is 9.82.